The van der Waals surface area contributed by atoms with Gasteiger partial charge < -0.3 is 4.90 Å². The summed E-state index contributed by atoms with van der Waals surface area (Å²) in [6.45, 7) is 3.48. The van der Waals surface area contributed by atoms with E-state index >= 15 is 0 Å². The zero-order valence-electron chi connectivity index (χ0n) is 5.76. The molecular formula is C7H12NO. The Morgan fingerprint density at radius 3 is 2.33 bits per heavy atom. The molecule has 9 heavy (non-hydrogen) atoms. The Bertz CT molecular complexity index is 105. The predicted octanol–water partition coefficient (Wildman–Crippen LogP) is 0.833. The largest absolute Gasteiger partial charge is 0.343 e. The molecule has 0 unspecified atom stereocenters. The van der Waals surface area contributed by atoms with Crippen LogP contribution in [0.25, 0.3) is 0 Å². The van der Waals surface area contributed by atoms with Crippen molar-refractivity contribution in [1.82, 2.24) is 4.90 Å². The Labute approximate surface area is 55.8 Å². The fourth-order valence-corrected chi connectivity index (χ4v) is 1.07. The molecule has 1 rings (SSSR count). The summed E-state index contributed by atoms with van der Waals surface area (Å²) in [6, 6.07) is 0. The van der Waals surface area contributed by atoms with Gasteiger partial charge in [0.1, 0.15) is 0 Å². The summed E-state index contributed by atoms with van der Waals surface area (Å²) in [6.07, 6.45) is 4.37. The minimum atomic E-state index is 0.211. The molecule has 0 aromatic heterocycles. The maximum Gasteiger partial charge on any atom is 0.219 e. The van der Waals surface area contributed by atoms with E-state index < -0.39 is 0 Å². The summed E-state index contributed by atoms with van der Waals surface area (Å²) in [5.41, 5.74) is 0. The average Bonchev–Trinajstić information content (AvgIpc) is 1.90. The van der Waals surface area contributed by atoms with Gasteiger partial charge in [0.05, 0.1) is 0 Å². The molecule has 1 heterocycles. The Hall–Kier alpha value is -0.530. The van der Waals surface area contributed by atoms with Crippen LogP contribution < -0.4 is 0 Å². The molecule has 51 valence electrons. The third-order valence-electron chi connectivity index (χ3n) is 1.65. The van der Waals surface area contributed by atoms with Gasteiger partial charge in [-0.25, -0.2) is 0 Å². The van der Waals surface area contributed by atoms with Crippen LogP contribution in [-0.4, -0.2) is 23.9 Å². The zero-order valence-corrected chi connectivity index (χ0v) is 5.76. The van der Waals surface area contributed by atoms with Crippen molar-refractivity contribution in [2.75, 3.05) is 13.1 Å². The lowest BCUT2D eigenvalue weighted by Gasteiger charge is -2.24. The Balaban J connectivity index is 2.31. The van der Waals surface area contributed by atoms with Crippen molar-refractivity contribution in [3.63, 3.8) is 0 Å². The van der Waals surface area contributed by atoms with E-state index in [9.17, 15) is 4.79 Å². The number of piperidine rings is 1. The first-order valence-corrected chi connectivity index (χ1v) is 3.38. The molecule has 1 amide bonds. The number of amides is 1. The van der Waals surface area contributed by atoms with Gasteiger partial charge in [0, 0.05) is 20.0 Å². The second-order valence-corrected chi connectivity index (χ2v) is 2.37. The molecule has 1 radical (unpaired) electrons. The first-order valence-electron chi connectivity index (χ1n) is 3.38. The Kier molecular flexibility index (Phi) is 2.09. The summed E-state index contributed by atoms with van der Waals surface area (Å²) in [5.74, 6) is 0.211. The molecule has 1 aliphatic heterocycles. The van der Waals surface area contributed by atoms with Gasteiger partial charge in [-0.1, -0.05) is 0 Å². The van der Waals surface area contributed by atoms with Crippen LogP contribution in [0.1, 0.15) is 19.8 Å². The van der Waals surface area contributed by atoms with Gasteiger partial charge >= 0.3 is 0 Å². The Morgan fingerprint density at radius 1 is 1.44 bits per heavy atom. The molecule has 2 heteroatoms. The number of nitrogens with zero attached hydrogens (tertiary/aromatic N) is 1. The van der Waals surface area contributed by atoms with Crippen molar-refractivity contribution in [1.29, 1.82) is 0 Å². The molecule has 0 saturated carbocycles. The molecule has 1 saturated heterocycles. The van der Waals surface area contributed by atoms with Gasteiger partial charge in [-0.15, -0.1) is 0 Å². The third-order valence-corrected chi connectivity index (χ3v) is 1.65. The number of rotatable bonds is 0. The van der Waals surface area contributed by atoms with E-state index in [0.29, 0.717) is 0 Å². The monoisotopic (exact) mass is 126 g/mol. The highest BCUT2D eigenvalue weighted by Gasteiger charge is 2.11. The normalized spacial score (nSPS) is 19.9. The quantitative estimate of drug-likeness (QED) is 0.471. The standard InChI is InChI=1S/C7H12NO/c1-7(9)8-5-3-2-4-6-8/h2H,3-6H2,1H3. The van der Waals surface area contributed by atoms with Crippen molar-refractivity contribution in [2.45, 2.75) is 19.8 Å². The SMILES string of the molecule is CC(=O)N1CC[CH]CC1. The van der Waals surface area contributed by atoms with Crippen LogP contribution in [0.15, 0.2) is 0 Å². The van der Waals surface area contributed by atoms with E-state index in [0.717, 1.165) is 25.9 Å². The van der Waals surface area contributed by atoms with Crippen LogP contribution >= 0.6 is 0 Å². The maximum absolute atomic E-state index is 10.7. The summed E-state index contributed by atoms with van der Waals surface area (Å²) >= 11 is 0. The highest BCUT2D eigenvalue weighted by atomic mass is 16.2. The van der Waals surface area contributed by atoms with Gasteiger partial charge in [-0.2, -0.15) is 0 Å². The number of hydrogen-bond donors (Lipinski definition) is 0. The molecule has 2 nitrogen and oxygen atoms in total. The molecular weight excluding hydrogens is 114 g/mol. The number of carbonyl (C=O) groups is 1. The molecule has 0 bridgehead atoms. The first-order chi connectivity index (χ1) is 4.30. The smallest absolute Gasteiger partial charge is 0.219 e. The van der Waals surface area contributed by atoms with Gasteiger partial charge in [0.25, 0.3) is 0 Å². The van der Waals surface area contributed by atoms with Crippen LogP contribution in [0.4, 0.5) is 0 Å². The number of likely N-dealkylation sites (tertiary alicyclic amines) is 1. The fraction of sp³-hybridized carbons (Fsp3) is 0.714. The summed E-state index contributed by atoms with van der Waals surface area (Å²) in [4.78, 5) is 12.6. The lowest BCUT2D eigenvalue weighted by molar-refractivity contribution is -0.129. The van der Waals surface area contributed by atoms with E-state index in [1.807, 2.05) is 4.90 Å². The highest BCUT2D eigenvalue weighted by molar-refractivity contribution is 5.73. The van der Waals surface area contributed by atoms with Gasteiger partial charge in [-0.3, -0.25) is 4.79 Å². The third kappa shape index (κ3) is 1.70. The summed E-state index contributed by atoms with van der Waals surface area (Å²) in [5, 5.41) is 0. The lowest BCUT2D eigenvalue weighted by atomic mass is 10.1. The van der Waals surface area contributed by atoms with Crippen LogP contribution in [0.2, 0.25) is 0 Å². The van der Waals surface area contributed by atoms with Crippen LogP contribution in [0, 0.1) is 6.42 Å². The van der Waals surface area contributed by atoms with Crippen LogP contribution in [-0.2, 0) is 4.79 Å². The second kappa shape index (κ2) is 2.85. The molecule has 0 aromatic carbocycles. The maximum atomic E-state index is 10.7. The van der Waals surface area contributed by atoms with E-state index in [-0.39, 0.29) is 5.91 Å². The molecule has 1 fully saturated rings. The van der Waals surface area contributed by atoms with Gasteiger partial charge in [0.15, 0.2) is 0 Å². The molecule has 0 aromatic rings. The molecule has 0 atom stereocenters. The average molecular weight is 126 g/mol. The van der Waals surface area contributed by atoms with E-state index in [1.165, 1.54) is 0 Å². The second-order valence-electron chi connectivity index (χ2n) is 2.37. The summed E-state index contributed by atoms with van der Waals surface area (Å²) < 4.78 is 0. The Morgan fingerprint density at radius 2 is 2.00 bits per heavy atom. The minimum absolute atomic E-state index is 0.211. The van der Waals surface area contributed by atoms with E-state index in [4.69, 9.17) is 0 Å². The number of carbonyl (C=O) groups excluding carboxylic acids is 1. The van der Waals surface area contributed by atoms with Crippen LogP contribution in [0.3, 0.4) is 0 Å². The molecule has 0 aliphatic carbocycles. The topological polar surface area (TPSA) is 20.3 Å². The summed E-state index contributed by atoms with van der Waals surface area (Å²) in [7, 11) is 0. The van der Waals surface area contributed by atoms with Crippen molar-refractivity contribution in [3.8, 4) is 0 Å². The zero-order chi connectivity index (χ0) is 6.69. The van der Waals surface area contributed by atoms with Crippen molar-refractivity contribution >= 4 is 5.91 Å². The molecule has 0 N–H and O–H groups in total. The van der Waals surface area contributed by atoms with Crippen LogP contribution in [0.5, 0.6) is 0 Å². The predicted molar refractivity (Wildman–Crippen MR) is 35.8 cm³/mol. The number of hydrogen-bond acceptors (Lipinski definition) is 1. The minimum Gasteiger partial charge on any atom is -0.343 e. The van der Waals surface area contributed by atoms with E-state index in [1.54, 1.807) is 6.92 Å². The van der Waals surface area contributed by atoms with Crippen molar-refractivity contribution in [2.24, 2.45) is 0 Å². The van der Waals surface area contributed by atoms with Crippen molar-refractivity contribution in [3.05, 3.63) is 6.42 Å². The van der Waals surface area contributed by atoms with Gasteiger partial charge in [-0.05, 0) is 19.3 Å². The lowest BCUT2D eigenvalue weighted by Crippen LogP contribution is -2.33. The van der Waals surface area contributed by atoms with Crippen molar-refractivity contribution < 1.29 is 4.79 Å². The highest BCUT2D eigenvalue weighted by Crippen LogP contribution is 2.06. The van der Waals surface area contributed by atoms with E-state index in [2.05, 4.69) is 6.42 Å². The fourth-order valence-electron chi connectivity index (χ4n) is 1.07. The first kappa shape index (κ1) is 6.59. The molecule has 1 aliphatic rings. The molecule has 0 spiro atoms. The van der Waals surface area contributed by atoms with Gasteiger partial charge in [0.2, 0.25) is 5.91 Å².